The number of primary sulfonamides is 1. The van der Waals surface area contributed by atoms with E-state index in [1.807, 2.05) is 0 Å². The number of anilines is 1. The fraction of sp³-hybridized carbons (Fsp3) is 0.160. The lowest BCUT2D eigenvalue weighted by atomic mass is 9.93. The number of aliphatic hydroxyl groups is 1. The molecule has 1 aliphatic rings. The number of hydrogen-bond acceptors (Lipinski definition) is 7. The fourth-order valence-corrected chi connectivity index (χ4v) is 4.67. The number of nitrogens with zero attached hydrogens (tertiary/aromatic N) is 2. The van der Waals surface area contributed by atoms with Gasteiger partial charge in [0.1, 0.15) is 11.5 Å². The Kier molecular flexibility index (Phi) is 6.18. The molecule has 180 valence electrons. The van der Waals surface area contributed by atoms with Gasteiger partial charge in [0.05, 0.1) is 23.6 Å². The Bertz CT molecular complexity index is 1470. The number of carbonyl (C=O) groups is 2. The van der Waals surface area contributed by atoms with Gasteiger partial charge in [-0.3, -0.25) is 19.5 Å². The predicted molar refractivity (Wildman–Crippen MR) is 129 cm³/mol. The van der Waals surface area contributed by atoms with Gasteiger partial charge in [-0.2, -0.15) is 0 Å². The number of carbonyl (C=O) groups excluding carboxylic acids is 2. The highest BCUT2D eigenvalue weighted by Crippen LogP contribution is 2.42. The maximum atomic E-state index is 13.3. The topological polar surface area (TPSA) is 140 Å². The third-order valence-electron chi connectivity index (χ3n) is 5.88. The highest BCUT2D eigenvalue weighted by Gasteiger charge is 2.47. The Morgan fingerprint density at radius 3 is 2.34 bits per heavy atom. The molecule has 0 saturated carbocycles. The van der Waals surface area contributed by atoms with Crippen LogP contribution >= 0.6 is 0 Å². The first-order valence-corrected chi connectivity index (χ1v) is 12.1. The number of amides is 1. The minimum absolute atomic E-state index is 0.105. The summed E-state index contributed by atoms with van der Waals surface area (Å²) in [5, 5.41) is 16.5. The zero-order valence-electron chi connectivity index (χ0n) is 19.2. The number of nitrogens with two attached hydrogens (primary N) is 1. The Morgan fingerprint density at radius 2 is 1.77 bits per heavy atom. The van der Waals surface area contributed by atoms with Crippen LogP contribution in [-0.2, 0) is 19.6 Å². The van der Waals surface area contributed by atoms with Gasteiger partial charge in [0.25, 0.3) is 11.7 Å². The van der Waals surface area contributed by atoms with Gasteiger partial charge in [-0.15, -0.1) is 0 Å². The van der Waals surface area contributed by atoms with Gasteiger partial charge in [-0.1, -0.05) is 6.07 Å². The predicted octanol–water partition coefficient (Wildman–Crippen LogP) is 2.98. The van der Waals surface area contributed by atoms with Crippen molar-refractivity contribution in [2.45, 2.75) is 24.8 Å². The van der Waals surface area contributed by atoms with Crippen molar-refractivity contribution in [1.82, 2.24) is 4.98 Å². The maximum absolute atomic E-state index is 13.3. The van der Waals surface area contributed by atoms with E-state index in [1.165, 1.54) is 42.5 Å². The van der Waals surface area contributed by atoms with Gasteiger partial charge in [0, 0.05) is 23.6 Å². The van der Waals surface area contributed by atoms with Crippen LogP contribution in [0, 0.1) is 13.8 Å². The quantitative estimate of drug-likeness (QED) is 0.316. The molecule has 1 fully saturated rings. The summed E-state index contributed by atoms with van der Waals surface area (Å²) in [6, 6.07) is 11.1. The highest BCUT2D eigenvalue weighted by atomic mass is 32.2. The normalized spacial score (nSPS) is 17.6. The number of pyridine rings is 1. The van der Waals surface area contributed by atoms with Crippen LogP contribution in [0.25, 0.3) is 5.76 Å². The molecule has 4 rings (SSSR count). The maximum Gasteiger partial charge on any atom is 0.300 e. The molecule has 2 heterocycles. The van der Waals surface area contributed by atoms with Crippen molar-refractivity contribution in [2.24, 2.45) is 5.14 Å². The zero-order chi connectivity index (χ0) is 25.5. The van der Waals surface area contributed by atoms with Crippen LogP contribution in [0.15, 0.2) is 71.4 Å². The van der Waals surface area contributed by atoms with Crippen LogP contribution < -0.4 is 14.8 Å². The number of ether oxygens (including phenoxy) is 1. The molecule has 0 bridgehead atoms. The Balaban J connectivity index is 1.94. The summed E-state index contributed by atoms with van der Waals surface area (Å²) in [7, 11) is -2.41. The number of hydrogen-bond donors (Lipinski definition) is 2. The van der Waals surface area contributed by atoms with Gasteiger partial charge in [-0.05, 0) is 73.0 Å². The molecule has 9 nitrogen and oxygen atoms in total. The van der Waals surface area contributed by atoms with E-state index < -0.39 is 27.8 Å². The van der Waals surface area contributed by atoms with E-state index in [1.54, 1.807) is 44.3 Å². The number of benzene rings is 2. The average Bonchev–Trinajstić information content (AvgIpc) is 3.10. The summed E-state index contributed by atoms with van der Waals surface area (Å²) in [6.07, 6.45) is 3.05. The molecule has 1 saturated heterocycles. The van der Waals surface area contributed by atoms with Crippen LogP contribution in [0.5, 0.6) is 5.75 Å². The Hall–Kier alpha value is -4.02. The van der Waals surface area contributed by atoms with Crippen molar-refractivity contribution in [2.75, 3.05) is 12.0 Å². The number of Topliss-reactive ketones (excluding diaryl/α,β-unsaturated/α-hetero) is 1. The summed E-state index contributed by atoms with van der Waals surface area (Å²) in [5.74, 6) is -1.45. The molecule has 1 atom stereocenters. The lowest BCUT2D eigenvalue weighted by molar-refractivity contribution is -0.132. The van der Waals surface area contributed by atoms with E-state index in [2.05, 4.69) is 4.98 Å². The van der Waals surface area contributed by atoms with Crippen LogP contribution in [0.4, 0.5) is 5.69 Å². The smallest absolute Gasteiger partial charge is 0.300 e. The van der Waals surface area contributed by atoms with Crippen molar-refractivity contribution in [1.29, 1.82) is 0 Å². The molecule has 0 radical (unpaired) electrons. The molecule has 1 aliphatic heterocycles. The van der Waals surface area contributed by atoms with Crippen molar-refractivity contribution in [3.8, 4) is 5.75 Å². The number of methoxy groups -OCH3 is 1. The average molecular weight is 494 g/mol. The van der Waals surface area contributed by atoms with E-state index in [-0.39, 0.29) is 21.9 Å². The van der Waals surface area contributed by atoms with E-state index in [0.29, 0.717) is 22.4 Å². The Morgan fingerprint density at radius 1 is 1.09 bits per heavy atom. The monoisotopic (exact) mass is 493 g/mol. The molecule has 1 aromatic heterocycles. The van der Waals surface area contributed by atoms with E-state index in [0.717, 1.165) is 5.56 Å². The molecule has 3 N–H and O–H groups in total. The molecule has 2 aromatic carbocycles. The van der Waals surface area contributed by atoms with Gasteiger partial charge in [0.2, 0.25) is 10.0 Å². The van der Waals surface area contributed by atoms with Crippen molar-refractivity contribution < 1.29 is 27.9 Å². The second-order valence-electron chi connectivity index (χ2n) is 8.13. The zero-order valence-corrected chi connectivity index (χ0v) is 20.0. The summed E-state index contributed by atoms with van der Waals surface area (Å²) < 4.78 is 28.6. The number of ketones is 1. The Labute approximate surface area is 202 Å². The molecule has 10 heteroatoms. The van der Waals surface area contributed by atoms with Crippen molar-refractivity contribution in [3.63, 3.8) is 0 Å². The summed E-state index contributed by atoms with van der Waals surface area (Å²) in [4.78, 5) is 31.7. The third-order valence-corrected chi connectivity index (χ3v) is 6.81. The second-order valence-corrected chi connectivity index (χ2v) is 9.69. The molecule has 0 aliphatic carbocycles. The first-order chi connectivity index (χ1) is 16.5. The summed E-state index contributed by atoms with van der Waals surface area (Å²) in [6.45, 7) is 3.57. The van der Waals surface area contributed by atoms with Crippen LogP contribution in [0.2, 0.25) is 0 Å². The van der Waals surface area contributed by atoms with Crippen molar-refractivity contribution >= 4 is 33.2 Å². The summed E-state index contributed by atoms with van der Waals surface area (Å²) in [5.41, 5.74) is 2.43. The van der Waals surface area contributed by atoms with Crippen LogP contribution in [-0.4, -0.2) is 37.3 Å². The van der Waals surface area contributed by atoms with Gasteiger partial charge in [0.15, 0.2) is 0 Å². The number of sulfonamides is 1. The van der Waals surface area contributed by atoms with Crippen LogP contribution in [0.1, 0.15) is 28.3 Å². The molecule has 35 heavy (non-hydrogen) atoms. The minimum atomic E-state index is -3.95. The molecular weight excluding hydrogens is 470 g/mol. The van der Waals surface area contributed by atoms with Crippen molar-refractivity contribution in [3.05, 3.63) is 88.8 Å². The largest absolute Gasteiger partial charge is 0.507 e. The van der Waals surface area contributed by atoms with Gasteiger partial charge < -0.3 is 9.84 Å². The first-order valence-electron chi connectivity index (χ1n) is 10.5. The molecule has 3 aromatic rings. The molecule has 0 spiro atoms. The van der Waals surface area contributed by atoms with E-state index in [4.69, 9.17) is 9.88 Å². The molecular formula is C25H23N3O6S. The fourth-order valence-electron chi connectivity index (χ4n) is 4.16. The van der Waals surface area contributed by atoms with E-state index >= 15 is 0 Å². The summed E-state index contributed by atoms with van der Waals surface area (Å²) >= 11 is 0. The second kappa shape index (κ2) is 8.97. The number of aromatic nitrogens is 1. The number of rotatable bonds is 5. The minimum Gasteiger partial charge on any atom is -0.507 e. The molecule has 1 amide bonds. The SMILES string of the molecule is COc1cc(C)c(/C(O)=C2\C(=O)C(=O)N(c3ccc(S(N)(=O)=O)cc3)C2c2cccnc2)cc1C. The third kappa shape index (κ3) is 4.29. The molecule has 1 unspecified atom stereocenters. The lowest BCUT2D eigenvalue weighted by Gasteiger charge is -2.25. The number of aliphatic hydroxyl groups excluding tert-OH is 1. The van der Waals surface area contributed by atoms with Gasteiger partial charge in [-0.25, -0.2) is 13.6 Å². The standard InChI is InChI=1S/C25H23N3O6S/c1-14-12-20(34-3)15(2)11-19(14)23(29)21-22(16-5-4-10-27-13-16)28(25(31)24(21)30)17-6-8-18(9-7-17)35(26,32)33/h4-13,22,29H,1-3H3,(H2,26,32,33)/b23-21+. The van der Waals surface area contributed by atoms with Gasteiger partial charge >= 0.3 is 0 Å². The number of aryl methyl sites for hydroxylation is 2. The first kappa shape index (κ1) is 24.1. The highest BCUT2D eigenvalue weighted by molar-refractivity contribution is 7.89. The van der Waals surface area contributed by atoms with E-state index in [9.17, 15) is 23.1 Å². The van der Waals surface area contributed by atoms with Crippen LogP contribution in [0.3, 0.4) is 0 Å². The lowest BCUT2D eigenvalue weighted by Crippen LogP contribution is -2.29.